The molecule has 0 spiro atoms. The maximum atomic E-state index is 10.2. The predicted molar refractivity (Wildman–Crippen MR) is 70.0 cm³/mol. The Morgan fingerprint density at radius 3 is 2.17 bits per heavy atom. The van der Waals surface area contributed by atoms with Crippen LogP contribution >= 0.6 is 0 Å². The van der Waals surface area contributed by atoms with Gasteiger partial charge < -0.3 is 9.84 Å². The second kappa shape index (κ2) is 3.32. The maximum Gasteiger partial charge on any atom is 0.0649 e. The molecule has 0 amide bonds. The van der Waals surface area contributed by atoms with Gasteiger partial charge in [0.05, 0.1) is 17.8 Å². The van der Waals surface area contributed by atoms with Crippen LogP contribution in [0.3, 0.4) is 0 Å². The zero-order valence-electron chi connectivity index (χ0n) is 12.0. The molecule has 5 saturated carbocycles. The first-order valence-corrected chi connectivity index (χ1v) is 7.74. The standard InChI is InChI=1S/C16H26O2/c1-7-5-8-11-9(6-10(7)17)13-12(8)14(13)15(11)18-16(2,3)4/h7-15,17H,5-6H2,1-4H3/t7-,8-,9+,10-,11+,12+,13-,14-,15+/m0/s1. The Hall–Kier alpha value is -0.0800. The molecule has 102 valence electrons. The Labute approximate surface area is 110 Å². The first kappa shape index (κ1) is 11.7. The minimum Gasteiger partial charge on any atom is -0.393 e. The molecule has 6 bridgehead atoms. The van der Waals surface area contributed by atoms with E-state index in [-0.39, 0.29) is 11.7 Å². The lowest BCUT2D eigenvalue weighted by atomic mass is 9.88. The maximum absolute atomic E-state index is 10.2. The highest BCUT2D eigenvalue weighted by atomic mass is 16.5. The normalized spacial score (nSPS) is 60.8. The Bertz CT molecular complexity index is 348. The molecule has 5 aliphatic rings. The molecule has 18 heavy (non-hydrogen) atoms. The van der Waals surface area contributed by atoms with Crippen molar-refractivity contribution in [1.29, 1.82) is 0 Å². The Morgan fingerprint density at radius 2 is 1.56 bits per heavy atom. The highest BCUT2D eigenvalue weighted by Gasteiger charge is 2.78. The number of hydrogen-bond acceptors (Lipinski definition) is 2. The first-order valence-electron chi connectivity index (χ1n) is 7.74. The average Bonchev–Trinajstić information content (AvgIpc) is 2.71. The fraction of sp³-hybridized carbons (Fsp3) is 1.00. The Kier molecular flexibility index (Phi) is 2.16. The van der Waals surface area contributed by atoms with Crippen molar-refractivity contribution in [3.05, 3.63) is 0 Å². The lowest BCUT2D eigenvalue weighted by molar-refractivity contribution is -0.0834. The third-order valence-corrected chi connectivity index (χ3v) is 6.23. The number of aliphatic hydroxyl groups excluding tert-OH is 1. The van der Waals surface area contributed by atoms with Crippen molar-refractivity contribution in [3.8, 4) is 0 Å². The highest BCUT2D eigenvalue weighted by Crippen LogP contribution is 2.79. The highest BCUT2D eigenvalue weighted by molar-refractivity contribution is 5.26. The zero-order valence-corrected chi connectivity index (χ0v) is 12.0. The molecule has 1 N–H and O–H groups in total. The van der Waals surface area contributed by atoms with Gasteiger partial charge in [-0.15, -0.1) is 0 Å². The van der Waals surface area contributed by atoms with Crippen LogP contribution in [0.4, 0.5) is 0 Å². The van der Waals surface area contributed by atoms with E-state index in [1.54, 1.807) is 0 Å². The number of hydrogen-bond donors (Lipinski definition) is 1. The van der Waals surface area contributed by atoms with Gasteiger partial charge >= 0.3 is 0 Å². The van der Waals surface area contributed by atoms with Crippen LogP contribution in [0.15, 0.2) is 0 Å². The molecule has 0 radical (unpaired) electrons. The summed E-state index contributed by atoms with van der Waals surface area (Å²) in [5.41, 5.74) is -0.0112. The van der Waals surface area contributed by atoms with Crippen molar-refractivity contribution in [2.75, 3.05) is 0 Å². The van der Waals surface area contributed by atoms with Gasteiger partial charge in [0, 0.05) is 0 Å². The lowest BCUT2D eigenvalue weighted by Crippen LogP contribution is -2.32. The monoisotopic (exact) mass is 250 g/mol. The second-order valence-corrected chi connectivity index (χ2v) is 8.35. The van der Waals surface area contributed by atoms with Crippen LogP contribution in [0.25, 0.3) is 0 Å². The molecule has 2 heteroatoms. The van der Waals surface area contributed by atoms with E-state index in [2.05, 4.69) is 27.7 Å². The van der Waals surface area contributed by atoms with Crippen molar-refractivity contribution >= 4 is 0 Å². The van der Waals surface area contributed by atoms with Crippen molar-refractivity contribution in [2.24, 2.45) is 41.4 Å². The van der Waals surface area contributed by atoms with Crippen LogP contribution in [-0.4, -0.2) is 22.9 Å². The molecule has 5 aliphatic carbocycles. The molecule has 0 aromatic heterocycles. The minimum absolute atomic E-state index is 0.0112. The summed E-state index contributed by atoms with van der Waals surface area (Å²) in [7, 11) is 0. The molecule has 0 saturated heterocycles. The lowest BCUT2D eigenvalue weighted by Gasteiger charge is -2.30. The van der Waals surface area contributed by atoms with Gasteiger partial charge in [0.2, 0.25) is 0 Å². The van der Waals surface area contributed by atoms with E-state index in [0.717, 1.165) is 41.9 Å². The molecule has 2 nitrogen and oxygen atoms in total. The van der Waals surface area contributed by atoms with E-state index < -0.39 is 0 Å². The van der Waals surface area contributed by atoms with Crippen molar-refractivity contribution in [2.45, 2.75) is 58.3 Å². The third kappa shape index (κ3) is 1.37. The van der Waals surface area contributed by atoms with Crippen LogP contribution in [0.2, 0.25) is 0 Å². The van der Waals surface area contributed by atoms with Crippen LogP contribution < -0.4 is 0 Å². The van der Waals surface area contributed by atoms with E-state index in [4.69, 9.17) is 4.74 Å². The molecule has 0 aliphatic heterocycles. The van der Waals surface area contributed by atoms with E-state index in [9.17, 15) is 5.11 Å². The average molecular weight is 250 g/mol. The quantitative estimate of drug-likeness (QED) is 0.775. The molecular weight excluding hydrogens is 224 g/mol. The van der Waals surface area contributed by atoms with Crippen LogP contribution in [0, 0.1) is 41.4 Å². The van der Waals surface area contributed by atoms with Gasteiger partial charge in [-0.2, -0.15) is 0 Å². The fourth-order valence-corrected chi connectivity index (χ4v) is 5.83. The predicted octanol–water partition coefficient (Wildman–Crippen LogP) is 2.70. The third-order valence-electron chi connectivity index (χ3n) is 6.23. The van der Waals surface area contributed by atoms with Crippen molar-refractivity contribution in [3.63, 3.8) is 0 Å². The summed E-state index contributed by atoms with van der Waals surface area (Å²) in [4.78, 5) is 0. The van der Waals surface area contributed by atoms with Crippen LogP contribution in [-0.2, 0) is 4.74 Å². The molecule has 9 atom stereocenters. The number of ether oxygens (including phenoxy) is 1. The van der Waals surface area contributed by atoms with E-state index in [1.807, 2.05) is 0 Å². The SMILES string of the molecule is C[C@H]1C[C@H]2[C@@H]3[C@@H](C[C@@H]1O)[C@H]1[C@@H]2[C@@H]1[C@@H]3OC(C)(C)C. The summed E-state index contributed by atoms with van der Waals surface area (Å²) >= 11 is 0. The smallest absolute Gasteiger partial charge is 0.0649 e. The van der Waals surface area contributed by atoms with Gasteiger partial charge in [0.1, 0.15) is 0 Å². The second-order valence-electron chi connectivity index (χ2n) is 8.35. The minimum atomic E-state index is -0.0573. The molecule has 5 rings (SSSR count). The number of aliphatic hydroxyl groups is 1. The summed E-state index contributed by atoms with van der Waals surface area (Å²) in [5.74, 6) is 5.63. The van der Waals surface area contributed by atoms with Gasteiger partial charge in [-0.25, -0.2) is 0 Å². The molecule has 0 aromatic carbocycles. The van der Waals surface area contributed by atoms with Crippen molar-refractivity contribution in [1.82, 2.24) is 0 Å². The van der Waals surface area contributed by atoms with Gasteiger partial charge in [-0.1, -0.05) is 6.92 Å². The number of rotatable bonds is 1. The Morgan fingerprint density at radius 1 is 0.944 bits per heavy atom. The van der Waals surface area contributed by atoms with E-state index in [0.29, 0.717) is 12.0 Å². The first-order chi connectivity index (χ1) is 8.38. The summed E-state index contributed by atoms with van der Waals surface area (Å²) in [5, 5.41) is 10.2. The van der Waals surface area contributed by atoms with Crippen LogP contribution in [0.5, 0.6) is 0 Å². The topological polar surface area (TPSA) is 29.5 Å². The van der Waals surface area contributed by atoms with E-state index >= 15 is 0 Å². The summed E-state index contributed by atoms with van der Waals surface area (Å²) in [6, 6.07) is 0. The fourth-order valence-electron chi connectivity index (χ4n) is 5.83. The van der Waals surface area contributed by atoms with Gasteiger partial charge in [-0.3, -0.25) is 0 Å². The van der Waals surface area contributed by atoms with Crippen molar-refractivity contribution < 1.29 is 9.84 Å². The van der Waals surface area contributed by atoms with E-state index in [1.165, 1.54) is 6.42 Å². The summed E-state index contributed by atoms with van der Waals surface area (Å²) in [6.07, 6.45) is 2.74. The van der Waals surface area contributed by atoms with Gasteiger partial charge in [0.15, 0.2) is 0 Å². The van der Waals surface area contributed by atoms with Gasteiger partial charge in [0.25, 0.3) is 0 Å². The molecular formula is C16H26O2. The van der Waals surface area contributed by atoms with Crippen LogP contribution in [0.1, 0.15) is 40.5 Å². The molecule has 0 unspecified atom stereocenters. The molecule has 0 aromatic rings. The Balaban J connectivity index is 1.61. The molecule has 5 fully saturated rings. The zero-order chi connectivity index (χ0) is 12.8. The van der Waals surface area contributed by atoms with Gasteiger partial charge in [-0.05, 0) is 75.0 Å². The largest absolute Gasteiger partial charge is 0.393 e. The summed E-state index contributed by atoms with van der Waals surface area (Å²) in [6.45, 7) is 8.78. The summed E-state index contributed by atoms with van der Waals surface area (Å²) < 4.78 is 6.39. The molecule has 0 heterocycles.